The molecule has 0 unspecified atom stereocenters. The number of benzene rings is 1. The number of rotatable bonds is 5. The fraction of sp³-hybridized carbons (Fsp3) is 0.476. The van der Waals surface area contributed by atoms with Crippen molar-refractivity contribution in [1.82, 2.24) is 10.2 Å². The van der Waals surface area contributed by atoms with Crippen molar-refractivity contribution in [3.63, 3.8) is 0 Å². The summed E-state index contributed by atoms with van der Waals surface area (Å²) in [6.07, 6.45) is 6.37. The standard InChI is InChI=1S/C21H27N3O3/c25-21(23-18-5-1-4-16(14-18)20-7-3-13-27-20)22-17-8-10-24(11-9-17)15-19-6-2-12-26-19/h1,3-5,7,13-14,17,19H,2,6,8-12,15H2,(H2,22,23,25)/t19-/m0/s1. The van der Waals surface area contributed by atoms with Gasteiger partial charge in [-0.05, 0) is 49.9 Å². The van der Waals surface area contributed by atoms with E-state index in [0.29, 0.717) is 6.10 Å². The number of carbonyl (C=O) groups is 1. The molecule has 1 aromatic heterocycles. The fourth-order valence-corrected chi connectivity index (χ4v) is 3.88. The number of anilines is 1. The van der Waals surface area contributed by atoms with Crippen molar-refractivity contribution in [3.8, 4) is 11.3 Å². The predicted octanol–water partition coefficient (Wildman–Crippen LogP) is 3.71. The van der Waals surface area contributed by atoms with Crippen LogP contribution in [0.3, 0.4) is 0 Å². The quantitative estimate of drug-likeness (QED) is 0.843. The van der Waals surface area contributed by atoms with E-state index >= 15 is 0 Å². The maximum atomic E-state index is 12.4. The first kappa shape index (κ1) is 18.1. The van der Waals surface area contributed by atoms with Crippen molar-refractivity contribution in [3.05, 3.63) is 42.7 Å². The molecule has 2 N–H and O–H groups in total. The summed E-state index contributed by atoms with van der Waals surface area (Å²) in [6, 6.07) is 11.5. The van der Waals surface area contributed by atoms with Crippen LogP contribution in [0, 0.1) is 0 Å². The van der Waals surface area contributed by atoms with Crippen LogP contribution in [0.25, 0.3) is 11.3 Å². The van der Waals surface area contributed by atoms with E-state index < -0.39 is 0 Å². The Kier molecular flexibility index (Phi) is 5.75. The number of hydrogen-bond donors (Lipinski definition) is 2. The maximum absolute atomic E-state index is 12.4. The second-order valence-corrected chi connectivity index (χ2v) is 7.37. The third-order valence-corrected chi connectivity index (χ3v) is 5.33. The molecule has 2 fully saturated rings. The molecule has 1 aromatic carbocycles. The second kappa shape index (κ2) is 8.59. The van der Waals surface area contributed by atoms with E-state index in [0.717, 1.165) is 56.1 Å². The zero-order chi connectivity index (χ0) is 18.5. The normalized spacial score (nSPS) is 21.3. The average Bonchev–Trinajstić information content (AvgIpc) is 3.37. The third-order valence-electron chi connectivity index (χ3n) is 5.33. The minimum absolute atomic E-state index is 0.149. The Bertz CT molecular complexity index is 733. The Morgan fingerprint density at radius 1 is 1.15 bits per heavy atom. The molecule has 0 bridgehead atoms. The molecule has 3 heterocycles. The Morgan fingerprint density at radius 2 is 2.04 bits per heavy atom. The van der Waals surface area contributed by atoms with Crippen LogP contribution >= 0.6 is 0 Å². The van der Waals surface area contributed by atoms with Gasteiger partial charge in [0.2, 0.25) is 0 Å². The van der Waals surface area contributed by atoms with Gasteiger partial charge in [-0.15, -0.1) is 0 Å². The molecule has 2 saturated heterocycles. The van der Waals surface area contributed by atoms with Crippen LogP contribution < -0.4 is 10.6 Å². The SMILES string of the molecule is O=C(Nc1cccc(-c2ccco2)c1)NC1CCN(C[C@@H]2CCCO2)CC1. The van der Waals surface area contributed by atoms with E-state index in [1.807, 2.05) is 36.4 Å². The predicted molar refractivity (Wildman–Crippen MR) is 105 cm³/mol. The van der Waals surface area contributed by atoms with Crippen molar-refractivity contribution in [2.45, 2.75) is 37.8 Å². The third kappa shape index (κ3) is 4.90. The van der Waals surface area contributed by atoms with Crippen LogP contribution in [0.1, 0.15) is 25.7 Å². The molecule has 0 aliphatic carbocycles. The van der Waals surface area contributed by atoms with Crippen molar-refractivity contribution < 1.29 is 13.9 Å². The van der Waals surface area contributed by atoms with Gasteiger partial charge in [0.25, 0.3) is 0 Å². The molecule has 0 radical (unpaired) electrons. The largest absolute Gasteiger partial charge is 0.464 e. The van der Waals surface area contributed by atoms with Gasteiger partial charge in [0, 0.05) is 43.5 Å². The summed E-state index contributed by atoms with van der Waals surface area (Å²) in [7, 11) is 0. The highest BCUT2D eigenvalue weighted by Gasteiger charge is 2.24. The first-order chi connectivity index (χ1) is 13.3. The van der Waals surface area contributed by atoms with E-state index in [9.17, 15) is 4.79 Å². The van der Waals surface area contributed by atoms with E-state index in [1.54, 1.807) is 6.26 Å². The molecular weight excluding hydrogens is 342 g/mol. The smallest absolute Gasteiger partial charge is 0.319 e. The molecule has 0 saturated carbocycles. The van der Waals surface area contributed by atoms with E-state index in [2.05, 4.69) is 15.5 Å². The topological polar surface area (TPSA) is 66.7 Å². The molecule has 2 aromatic rings. The van der Waals surface area contributed by atoms with Gasteiger partial charge in [-0.1, -0.05) is 12.1 Å². The summed E-state index contributed by atoms with van der Waals surface area (Å²) in [6.45, 7) is 3.96. The van der Waals surface area contributed by atoms with Crippen LogP contribution in [0.5, 0.6) is 0 Å². The van der Waals surface area contributed by atoms with E-state index in [-0.39, 0.29) is 12.1 Å². The van der Waals surface area contributed by atoms with Crippen LogP contribution in [0.15, 0.2) is 47.1 Å². The maximum Gasteiger partial charge on any atom is 0.319 e. The van der Waals surface area contributed by atoms with Crippen LogP contribution in [0.2, 0.25) is 0 Å². The summed E-state index contributed by atoms with van der Waals surface area (Å²) in [4.78, 5) is 14.8. The Balaban J connectivity index is 1.23. The summed E-state index contributed by atoms with van der Waals surface area (Å²) in [5.74, 6) is 0.790. The summed E-state index contributed by atoms with van der Waals surface area (Å²) >= 11 is 0. The Morgan fingerprint density at radius 3 is 2.78 bits per heavy atom. The number of nitrogens with zero attached hydrogens (tertiary/aromatic N) is 1. The monoisotopic (exact) mass is 369 g/mol. The Hall–Kier alpha value is -2.31. The van der Waals surface area contributed by atoms with Gasteiger partial charge in [-0.25, -0.2) is 4.79 Å². The molecule has 4 rings (SSSR count). The van der Waals surface area contributed by atoms with Gasteiger partial charge in [0.15, 0.2) is 0 Å². The molecule has 6 heteroatoms. The molecule has 2 aliphatic rings. The Labute approximate surface area is 159 Å². The molecule has 144 valence electrons. The number of piperidine rings is 1. The molecule has 1 atom stereocenters. The number of urea groups is 1. The zero-order valence-electron chi connectivity index (χ0n) is 15.5. The van der Waals surface area contributed by atoms with Crippen molar-refractivity contribution in [2.75, 3.05) is 31.6 Å². The highest BCUT2D eigenvalue weighted by molar-refractivity contribution is 5.90. The molecule has 27 heavy (non-hydrogen) atoms. The van der Waals surface area contributed by atoms with Gasteiger partial charge < -0.3 is 24.7 Å². The lowest BCUT2D eigenvalue weighted by molar-refractivity contribution is 0.0633. The van der Waals surface area contributed by atoms with Gasteiger partial charge in [0.1, 0.15) is 5.76 Å². The van der Waals surface area contributed by atoms with Gasteiger partial charge in [-0.2, -0.15) is 0 Å². The molecule has 2 aliphatic heterocycles. The number of ether oxygens (including phenoxy) is 1. The lowest BCUT2D eigenvalue weighted by atomic mass is 10.0. The summed E-state index contributed by atoms with van der Waals surface area (Å²) < 4.78 is 11.1. The lowest BCUT2D eigenvalue weighted by Crippen LogP contribution is -2.47. The van der Waals surface area contributed by atoms with Crippen LogP contribution in [-0.2, 0) is 4.74 Å². The highest BCUT2D eigenvalue weighted by atomic mass is 16.5. The van der Waals surface area contributed by atoms with E-state index in [4.69, 9.17) is 9.15 Å². The van der Waals surface area contributed by atoms with Crippen molar-refractivity contribution >= 4 is 11.7 Å². The highest BCUT2D eigenvalue weighted by Crippen LogP contribution is 2.23. The minimum Gasteiger partial charge on any atom is -0.464 e. The number of carbonyl (C=O) groups excluding carboxylic acids is 1. The van der Waals surface area contributed by atoms with Crippen LogP contribution in [-0.4, -0.2) is 49.3 Å². The molecule has 2 amide bonds. The van der Waals surface area contributed by atoms with Gasteiger partial charge in [0.05, 0.1) is 12.4 Å². The number of furan rings is 1. The number of amides is 2. The first-order valence-corrected chi connectivity index (χ1v) is 9.82. The van der Waals surface area contributed by atoms with Crippen molar-refractivity contribution in [1.29, 1.82) is 0 Å². The zero-order valence-corrected chi connectivity index (χ0v) is 15.5. The minimum atomic E-state index is -0.149. The molecule has 0 spiro atoms. The molecule has 6 nitrogen and oxygen atoms in total. The van der Waals surface area contributed by atoms with Gasteiger partial charge in [-0.3, -0.25) is 0 Å². The average molecular weight is 369 g/mol. The summed E-state index contributed by atoms with van der Waals surface area (Å²) in [5, 5.41) is 6.04. The van der Waals surface area contributed by atoms with E-state index in [1.165, 1.54) is 12.8 Å². The number of hydrogen-bond acceptors (Lipinski definition) is 4. The summed E-state index contributed by atoms with van der Waals surface area (Å²) in [5.41, 5.74) is 1.71. The second-order valence-electron chi connectivity index (χ2n) is 7.37. The van der Waals surface area contributed by atoms with Gasteiger partial charge >= 0.3 is 6.03 Å². The fourth-order valence-electron chi connectivity index (χ4n) is 3.88. The molecular formula is C21H27N3O3. The van der Waals surface area contributed by atoms with Crippen molar-refractivity contribution in [2.24, 2.45) is 0 Å². The van der Waals surface area contributed by atoms with Crippen LogP contribution in [0.4, 0.5) is 10.5 Å². The number of likely N-dealkylation sites (tertiary alicyclic amines) is 1. The number of nitrogens with one attached hydrogen (secondary N) is 2. The first-order valence-electron chi connectivity index (χ1n) is 9.82. The lowest BCUT2D eigenvalue weighted by Gasteiger charge is -2.33.